The van der Waals surface area contributed by atoms with E-state index >= 15 is 0 Å². The second kappa shape index (κ2) is 7.97. The fourth-order valence-electron chi connectivity index (χ4n) is 1.30. The minimum atomic E-state index is 0.893. The minimum Gasteiger partial charge on any atom is -0.385 e. The Morgan fingerprint density at radius 3 is 3.00 bits per heavy atom. The van der Waals surface area contributed by atoms with Crippen LogP contribution in [0.2, 0.25) is 0 Å². The van der Waals surface area contributed by atoms with Crippen LogP contribution in [-0.2, 0) is 11.3 Å². The molecule has 3 heteroatoms. The zero-order valence-electron chi connectivity index (χ0n) is 8.79. The highest BCUT2D eigenvalue weighted by molar-refractivity contribution is 7.07. The van der Waals surface area contributed by atoms with Crippen LogP contribution in [0.15, 0.2) is 16.8 Å². The Labute approximate surface area is 90.3 Å². The zero-order chi connectivity index (χ0) is 10.1. The van der Waals surface area contributed by atoms with E-state index in [1.165, 1.54) is 24.8 Å². The van der Waals surface area contributed by atoms with Crippen LogP contribution in [0, 0.1) is 0 Å². The molecule has 0 aromatic carbocycles. The van der Waals surface area contributed by atoms with Gasteiger partial charge in [-0.3, -0.25) is 0 Å². The SMILES string of the molecule is COCCCCCNCc1ccsc1. The highest BCUT2D eigenvalue weighted by Crippen LogP contribution is 2.04. The average Bonchev–Trinajstić information content (AvgIpc) is 2.69. The van der Waals surface area contributed by atoms with Crippen LogP contribution >= 0.6 is 11.3 Å². The Hall–Kier alpha value is -0.380. The second-order valence-electron chi connectivity index (χ2n) is 3.36. The lowest BCUT2D eigenvalue weighted by molar-refractivity contribution is 0.192. The highest BCUT2D eigenvalue weighted by Gasteiger charge is 1.92. The van der Waals surface area contributed by atoms with Crippen molar-refractivity contribution in [2.75, 3.05) is 20.3 Å². The van der Waals surface area contributed by atoms with Gasteiger partial charge in [0.05, 0.1) is 0 Å². The Balaban J connectivity index is 1.85. The lowest BCUT2D eigenvalue weighted by Crippen LogP contribution is -2.14. The maximum absolute atomic E-state index is 4.99. The third-order valence-electron chi connectivity index (χ3n) is 2.11. The molecular weight excluding hydrogens is 194 g/mol. The van der Waals surface area contributed by atoms with E-state index in [4.69, 9.17) is 4.74 Å². The number of unbranched alkanes of at least 4 members (excludes halogenated alkanes) is 2. The first kappa shape index (κ1) is 11.7. The van der Waals surface area contributed by atoms with Crippen LogP contribution in [0.1, 0.15) is 24.8 Å². The number of methoxy groups -OCH3 is 1. The lowest BCUT2D eigenvalue weighted by atomic mass is 10.2. The van der Waals surface area contributed by atoms with E-state index in [1.54, 1.807) is 18.4 Å². The molecule has 0 aliphatic rings. The van der Waals surface area contributed by atoms with Crippen molar-refractivity contribution in [1.82, 2.24) is 5.32 Å². The van der Waals surface area contributed by atoms with Crippen molar-refractivity contribution < 1.29 is 4.74 Å². The van der Waals surface area contributed by atoms with Crippen LogP contribution in [0.25, 0.3) is 0 Å². The average molecular weight is 213 g/mol. The third-order valence-corrected chi connectivity index (χ3v) is 2.84. The van der Waals surface area contributed by atoms with Crippen molar-refractivity contribution in [3.05, 3.63) is 22.4 Å². The van der Waals surface area contributed by atoms with Crippen molar-refractivity contribution in [3.63, 3.8) is 0 Å². The summed E-state index contributed by atoms with van der Waals surface area (Å²) >= 11 is 1.76. The quantitative estimate of drug-likeness (QED) is 0.670. The number of hydrogen-bond acceptors (Lipinski definition) is 3. The van der Waals surface area contributed by atoms with Crippen LogP contribution in [0.5, 0.6) is 0 Å². The fraction of sp³-hybridized carbons (Fsp3) is 0.636. The van der Waals surface area contributed by atoms with Crippen molar-refractivity contribution >= 4 is 11.3 Å². The molecule has 1 N–H and O–H groups in total. The first-order chi connectivity index (χ1) is 6.93. The normalized spacial score (nSPS) is 10.6. The summed E-state index contributed by atoms with van der Waals surface area (Å²) in [6.45, 7) is 3.01. The Kier molecular flexibility index (Phi) is 6.66. The molecule has 0 saturated heterocycles. The van der Waals surface area contributed by atoms with Crippen LogP contribution in [-0.4, -0.2) is 20.3 Å². The second-order valence-corrected chi connectivity index (χ2v) is 4.14. The summed E-state index contributed by atoms with van der Waals surface area (Å²) in [6.07, 6.45) is 3.68. The van der Waals surface area contributed by atoms with E-state index in [1.807, 2.05) is 0 Å². The molecule has 80 valence electrons. The topological polar surface area (TPSA) is 21.3 Å². The van der Waals surface area contributed by atoms with Crippen LogP contribution in [0.4, 0.5) is 0 Å². The van der Waals surface area contributed by atoms with Gasteiger partial charge in [-0.1, -0.05) is 0 Å². The summed E-state index contributed by atoms with van der Waals surface area (Å²) in [5, 5.41) is 7.74. The lowest BCUT2D eigenvalue weighted by Gasteiger charge is -2.02. The largest absolute Gasteiger partial charge is 0.385 e. The molecule has 1 aromatic heterocycles. The zero-order valence-corrected chi connectivity index (χ0v) is 9.61. The van der Waals surface area contributed by atoms with Gasteiger partial charge in [-0.2, -0.15) is 11.3 Å². The van der Waals surface area contributed by atoms with Crippen molar-refractivity contribution in [3.8, 4) is 0 Å². The van der Waals surface area contributed by atoms with Crippen molar-refractivity contribution in [1.29, 1.82) is 0 Å². The fourth-order valence-corrected chi connectivity index (χ4v) is 1.97. The van der Waals surface area contributed by atoms with Crippen LogP contribution < -0.4 is 5.32 Å². The molecule has 0 spiro atoms. The molecule has 14 heavy (non-hydrogen) atoms. The minimum absolute atomic E-state index is 0.893. The van der Waals surface area contributed by atoms with Gasteiger partial charge >= 0.3 is 0 Å². The Morgan fingerprint density at radius 2 is 2.29 bits per heavy atom. The molecule has 0 amide bonds. The van der Waals surface area contributed by atoms with E-state index in [0.717, 1.165) is 19.7 Å². The molecule has 0 aliphatic heterocycles. The first-order valence-corrected chi connectivity index (χ1v) is 6.08. The molecule has 0 radical (unpaired) electrons. The molecule has 1 rings (SSSR count). The maximum atomic E-state index is 4.99. The molecule has 0 atom stereocenters. The Bertz CT molecular complexity index is 211. The predicted octanol–water partition coefficient (Wildman–Crippen LogP) is 2.65. The van der Waals surface area contributed by atoms with Crippen molar-refractivity contribution in [2.45, 2.75) is 25.8 Å². The monoisotopic (exact) mass is 213 g/mol. The number of hydrogen-bond donors (Lipinski definition) is 1. The van der Waals surface area contributed by atoms with Crippen molar-refractivity contribution in [2.24, 2.45) is 0 Å². The van der Waals surface area contributed by atoms with Gasteiger partial charge in [0, 0.05) is 20.3 Å². The Morgan fingerprint density at radius 1 is 1.36 bits per heavy atom. The maximum Gasteiger partial charge on any atom is 0.0462 e. The summed E-state index contributed by atoms with van der Waals surface area (Å²) in [7, 11) is 1.76. The predicted molar refractivity (Wildman–Crippen MR) is 61.8 cm³/mol. The van der Waals surface area contributed by atoms with Gasteiger partial charge in [0.15, 0.2) is 0 Å². The molecule has 0 bridgehead atoms. The summed E-state index contributed by atoms with van der Waals surface area (Å²) in [4.78, 5) is 0. The van der Waals surface area contributed by atoms with Gasteiger partial charge in [0.25, 0.3) is 0 Å². The number of ether oxygens (including phenoxy) is 1. The smallest absolute Gasteiger partial charge is 0.0462 e. The molecule has 1 heterocycles. The highest BCUT2D eigenvalue weighted by atomic mass is 32.1. The standard InChI is InChI=1S/C11H19NOS/c1-13-7-4-2-3-6-12-9-11-5-8-14-10-11/h5,8,10,12H,2-4,6-7,9H2,1H3. The van der Waals surface area contributed by atoms with Crippen LogP contribution in [0.3, 0.4) is 0 Å². The molecule has 2 nitrogen and oxygen atoms in total. The summed E-state index contributed by atoms with van der Waals surface area (Å²) in [5.74, 6) is 0. The van der Waals surface area contributed by atoms with Gasteiger partial charge in [0.2, 0.25) is 0 Å². The van der Waals surface area contributed by atoms with E-state index in [9.17, 15) is 0 Å². The molecular formula is C11H19NOS. The number of nitrogens with one attached hydrogen (secondary N) is 1. The van der Waals surface area contributed by atoms with Gasteiger partial charge in [-0.05, 0) is 48.2 Å². The van der Waals surface area contributed by atoms with Gasteiger partial charge < -0.3 is 10.1 Å². The summed E-state index contributed by atoms with van der Waals surface area (Å²) in [5.41, 5.74) is 1.40. The van der Waals surface area contributed by atoms with Gasteiger partial charge in [0.1, 0.15) is 0 Å². The van der Waals surface area contributed by atoms with E-state index < -0.39 is 0 Å². The molecule has 0 unspecified atom stereocenters. The summed E-state index contributed by atoms with van der Waals surface area (Å²) in [6, 6.07) is 2.17. The van der Waals surface area contributed by atoms with E-state index in [2.05, 4.69) is 22.1 Å². The molecule has 0 fully saturated rings. The van der Waals surface area contributed by atoms with E-state index in [-0.39, 0.29) is 0 Å². The molecule has 0 aliphatic carbocycles. The van der Waals surface area contributed by atoms with E-state index in [0.29, 0.717) is 0 Å². The summed E-state index contributed by atoms with van der Waals surface area (Å²) < 4.78 is 4.99. The first-order valence-electron chi connectivity index (χ1n) is 5.14. The third kappa shape index (κ3) is 5.37. The van der Waals surface area contributed by atoms with Gasteiger partial charge in [-0.25, -0.2) is 0 Å². The molecule has 0 saturated carbocycles. The number of rotatable bonds is 8. The van der Waals surface area contributed by atoms with Gasteiger partial charge in [-0.15, -0.1) is 0 Å². The molecule has 1 aromatic rings. The number of thiophene rings is 1.